The second-order valence-corrected chi connectivity index (χ2v) is 6.10. The highest BCUT2D eigenvalue weighted by atomic mass is 35.5. The molecule has 1 atom stereocenters. The number of fused-ring (bicyclic) bond motifs is 1. The van der Waals surface area contributed by atoms with Crippen LogP contribution in [0, 0.1) is 0 Å². The van der Waals surface area contributed by atoms with Gasteiger partial charge in [-0.3, -0.25) is 4.79 Å². The molecule has 0 spiro atoms. The smallest absolute Gasteiger partial charge is 0.224 e. The summed E-state index contributed by atoms with van der Waals surface area (Å²) in [5, 5.41) is 6.12. The third-order valence-corrected chi connectivity index (χ3v) is 4.20. The predicted molar refractivity (Wildman–Crippen MR) is 95.7 cm³/mol. The summed E-state index contributed by atoms with van der Waals surface area (Å²) < 4.78 is 0. The molecule has 23 heavy (non-hydrogen) atoms. The fourth-order valence-electron chi connectivity index (χ4n) is 2.79. The maximum Gasteiger partial charge on any atom is 0.224 e. The van der Waals surface area contributed by atoms with Crippen LogP contribution in [0.3, 0.4) is 0 Å². The summed E-state index contributed by atoms with van der Waals surface area (Å²) in [6.07, 6.45) is 0.353. The van der Waals surface area contributed by atoms with Crippen molar-refractivity contribution in [2.75, 3.05) is 0 Å². The Hall–Kier alpha value is -2.32. The number of rotatable bonds is 4. The average Bonchev–Trinajstić information content (AvgIpc) is 2.56. The van der Waals surface area contributed by atoms with Gasteiger partial charge in [0.15, 0.2) is 0 Å². The summed E-state index contributed by atoms with van der Waals surface area (Å²) in [5.41, 5.74) is 2.09. The lowest BCUT2D eigenvalue weighted by molar-refractivity contribution is -0.121. The molecule has 0 saturated heterocycles. The minimum Gasteiger partial charge on any atom is -0.349 e. The van der Waals surface area contributed by atoms with Crippen LogP contribution in [0.5, 0.6) is 0 Å². The molecule has 0 aromatic heterocycles. The maximum absolute atomic E-state index is 12.3. The second-order valence-electron chi connectivity index (χ2n) is 5.66. The molecule has 3 aromatic rings. The first-order chi connectivity index (χ1) is 11.1. The molecule has 0 heterocycles. The fourth-order valence-corrected chi connectivity index (χ4v) is 2.91. The highest BCUT2D eigenvalue weighted by Crippen LogP contribution is 2.24. The molecule has 1 unspecified atom stereocenters. The quantitative estimate of drug-likeness (QED) is 0.726. The first-order valence-corrected chi connectivity index (χ1v) is 8.03. The topological polar surface area (TPSA) is 29.1 Å². The molecule has 2 nitrogen and oxygen atoms in total. The van der Waals surface area contributed by atoms with E-state index in [1.54, 1.807) is 12.1 Å². The zero-order chi connectivity index (χ0) is 16.2. The Bertz CT molecular complexity index is 821. The molecule has 0 aliphatic heterocycles. The second kappa shape index (κ2) is 6.84. The van der Waals surface area contributed by atoms with Crippen molar-refractivity contribution < 1.29 is 4.79 Å². The van der Waals surface area contributed by atoms with Gasteiger partial charge in [-0.25, -0.2) is 0 Å². The molecule has 3 aromatic carbocycles. The van der Waals surface area contributed by atoms with E-state index < -0.39 is 0 Å². The number of amides is 1. The van der Waals surface area contributed by atoms with Crippen LogP contribution in [0.15, 0.2) is 66.7 Å². The first kappa shape index (κ1) is 15.6. The molecule has 0 aliphatic rings. The Labute approximate surface area is 141 Å². The summed E-state index contributed by atoms with van der Waals surface area (Å²) in [4.78, 5) is 12.3. The molecule has 0 bridgehead atoms. The number of hydrogen-bond acceptors (Lipinski definition) is 1. The van der Waals surface area contributed by atoms with Gasteiger partial charge in [-0.2, -0.15) is 0 Å². The Morgan fingerprint density at radius 1 is 1.00 bits per heavy atom. The minimum atomic E-state index is -0.0408. The Morgan fingerprint density at radius 2 is 1.70 bits per heavy atom. The van der Waals surface area contributed by atoms with Crippen LogP contribution in [0.1, 0.15) is 24.1 Å². The van der Waals surface area contributed by atoms with Gasteiger partial charge < -0.3 is 5.32 Å². The van der Waals surface area contributed by atoms with Crippen molar-refractivity contribution >= 4 is 28.3 Å². The highest BCUT2D eigenvalue weighted by Gasteiger charge is 2.12. The summed E-state index contributed by atoms with van der Waals surface area (Å²) in [6.45, 7) is 2.02. The van der Waals surface area contributed by atoms with Crippen molar-refractivity contribution in [2.24, 2.45) is 0 Å². The van der Waals surface area contributed by atoms with Crippen LogP contribution >= 0.6 is 11.6 Å². The third-order valence-electron chi connectivity index (χ3n) is 3.95. The molecule has 0 saturated carbocycles. The van der Waals surface area contributed by atoms with Crippen molar-refractivity contribution in [3.8, 4) is 0 Å². The van der Waals surface area contributed by atoms with Crippen LogP contribution in [0.4, 0.5) is 0 Å². The van der Waals surface area contributed by atoms with Crippen LogP contribution in [0.25, 0.3) is 10.8 Å². The molecule has 1 amide bonds. The minimum absolute atomic E-state index is 0.00718. The molecule has 0 fully saturated rings. The van der Waals surface area contributed by atoms with E-state index in [1.165, 1.54) is 10.8 Å². The molecule has 1 N–H and O–H groups in total. The molecule has 3 rings (SSSR count). The van der Waals surface area contributed by atoms with E-state index in [-0.39, 0.29) is 11.9 Å². The van der Waals surface area contributed by atoms with Crippen LogP contribution in [0.2, 0.25) is 5.02 Å². The van der Waals surface area contributed by atoms with Gasteiger partial charge in [-0.15, -0.1) is 0 Å². The summed E-state index contributed by atoms with van der Waals surface area (Å²) >= 11 is 5.87. The number of carbonyl (C=O) groups is 1. The van der Waals surface area contributed by atoms with Crippen LogP contribution in [-0.4, -0.2) is 5.91 Å². The van der Waals surface area contributed by atoms with E-state index in [0.29, 0.717) is 11.4 Å². The molecular formula is C20H18ClNO. The van der Waals surface area contributed by atoms with Gasteiger partial charge >= 0.3 is 0 Å². The average molecular weight is 324 g/mol. The van der Waals surface area contributed by atoms with E-state index in [0.717, 1.165) is 11.1 Å². The van der Waals surface area contributed by atoms with Gasteiger partial charge in [-0.1, -0.05) is 66.2 Å². The van der Waals surface area contributed by atoms with E-state index >= 15 is 0 Å². The van der Waals surface area contributed by atoms with Crippen molar-refractivity contribution in [3.63, 3.8) is 0 Å². The lowest BCUT2D eigenvalue weighted by Gasteiger charge is -2.16. The zero-order valence-electron chi connectivity index (χ0n) is 12.9. The van der Waals surface area contributed by atoms with Gasteiger partial charge in [0.05, 0.1) is 12.5 Å². The first-order valence-electron chi connectivity index (χ1n) is 7.65. The van der Waals surface area contributed by atoms with Gasteiger partial charge in [-0.05, 0) is 41.0 Å². The summed E-state index contributed by atoms with van der Waals surface area (Å²) in [7, 11) is 0. The summed E-state index contributed by atoms with van der Waals surface area (Å²) in [5.74, 6) is 0.00718. The van der Waals surface area contributed by atoms with Gasteiger partial charge in [0.1, 0.15) is 0 Å². The lowest BCUT2D eigenvalue weighted by Crippen LogP contribution is -2.28. The fraction of sp³-hybridized carbons (Fsp3) is 0.150. The van der Waals surface area contributed by atoms with Crippen molar-refractivity contribution in [1.82, 2.24) is 5.32 Å². The number of nitrogens with one attached hydrogen (secondary N) is 1. The molecule has 116 valence electrons. The molecule has 0 radical (unpaired) electrons. The van der Waals surface area contributed by atoms with Gasteiger partial charge in [0, 0.05) is 5.02 Å². The largest absolute Gasteiger partial charge is 0.349 e. The van der Waals surface area contributed by atoms with Crippen molar-refractivity contribution in [3.05, 3.63) is 82.9 Å². The molecule has 3 heteroatoms. The van der Waals surface area contributed by atoms with E-state index in [1.807, 2.05) is 37.3 Å². The Morgan fingerprint density at radius 3 is 2.48 bits per heavy atom. The lowest BCUT2D eigenvalue weighted by atomic mass is 9.99. The van der Waals surface area contributed by atoms with Gasteiger partial charge in [0.25, 0.3) is 0 Å². The number of hydrogen-bond donors (Lipinski definition) is 1. The van der Waals surface area contributed by atoms with E-state index in [2.05, 4.69) is 29.6 Å². The van der Waals surface area contributed by atoms with Crippen LogP contribution in [-0.2, 0) is 11.2 Å². The molecule has 0 aliphatic carbocycles. The monoisotopic (exact) mass is 323 g/mol. The SMILES string of the molecule is CC(NC(=O)Cc1ccc(Cl)cc1)c1cccc2ccccc12. The number of carbonyl (C=O) groups excluding carboxylic acids is 1. The van der Waals surface area contributed by atoms with E-state index in [9.17, 15) is 4.79 Å². The Kier molecular flexibility index (Phi) is 4.63. The highest BCUT2D eigenvalue weighted by molar-refractivity contribution is 6.30. The predicted octanol–water partition coefficient (Wildman–Crippen LogP) is 4.91. The number of benzene rings is 3. The Balaban J connectivity index is 1.74. The normalized spacial score (nSPS) is 12.1. The molecular weight excluding hydrogens is 306 g/mol. The van der Waals surface area contributed by atoms with E-state index in [4.69, 9.17) is 11.6 Å². The standard InChI is InChI=1S/C20H18ClNO/c1-14(18-8-4-6-16-5-2-3-7-19(16)18)22-20(23)13-15-9-11-17(21)12-10-15/h2-12,14H,13H2,1H3,(H,22,23). The van der Waals surface area contributed by atoms with Crippen molar-refractivity contribution in [1.29, 1.82) is 0 Å². The maximum atomic E-state index is 12.3. The van der Waals surface area contributed by atoms with Gasteiger partial charge in [0.2, 0.25) is 5.91 Å². The third kappa shape index (κ3) is 3.72. The number of halogens is 1. The van der Waals surface area contributed by atoms with Crippen LogP contribution < -0.4 is 5.32 Å². The summed E-state index contributed by atoms with van der Waals surface area (Å²) in [6, 6.07) is 21.7. The zero-order valence-corrected chi connectivity index (χ0v) is 13.7. The van der Waals surface area contributed by atoms with Crippen molar-refractivity contribution in [2.45, 2.75) is 19.4 Å².